The molecule has 0 bridgehead atoms. The molecule has 0 spiro atoms. The molecular weight excluding hydrogens is 532 g/mol. The smallest absolute Gasteiger partial charge is 0.0641 e. The molecule has 0 unspecified atom stereocenters. The lowest BCUT2D eigenvalue weighted by molar-refractivity contribution is 1.18. The second kappa shape index (κ2) is 9.80. The number of halogens is 1. The molecule has 2 nitrogen and oxygen atoms in total. The van der Waals surface area contributed by atoms with Crippen LogP contribution in [0, 0.1) is 6.92 Å². The molecule has 200 valence electrons. The fraction of sp³-hybridized carbons (Fsp3) is 0.0256. The Kier molecular flexibility index (Phi) is 5.77. The number of aromatic nitrogens is 1. The maximum atomic E-state index is 6.57. The zero-order valence-corrected chi connectivity index (χ0v) is 23.9. The Bertz CT molecular complexity index is 2310. The summed E-state index contributed by atoms with van der Waals surface area (Å²) >= 11 is 6.57. The largest absolute Gasteiger partial charge is 0.354 e. The van der Waals surface area contributed by atoms with E-state index in [4.69, 9.17) is 11.6 Å². The van der Waals surface area contributed by atoms with E-state index in [-0.39, 0.29) is 0 Å². The summed E-state index contributed by atoms with van der Waals surface area (Å²) in [5.41, 5.74) is 8.94. The molecule has 1 heterocycles. The van der Waals surface area contributed by atoms with Crippen molar-refractivity contribution in [1.82, 2.24) is 4.57 Å². The molecule has 0 fully saturated rings. The van der Waals surface area contributed by atoms with Gasteiger partial charge in [0.15, 0.2) is 0 Å². The summed E-state index contributed by atoms with van der Waals surface area (Å²) in [6.45, 7) is 2.08. The van der Waals surface area contributed by atoms with E-state index in [0.717, 1.165) is 28.1 Å². The van der Waals surface area contributed by atoms with Gasteiger partial charge in [-0.3, -0.25) is 0 Å². The lowest BCUT2D eigenvalue weighted by Crippen LogP contribution is -1.96. The van der Waals surface area contributed by atoms with Crippen LogP contribution in [-0.4, -0.2) is 4.57 Å². The lowest BCUT2D eigenvalue weighted by atomic mass is 9.98. The lowest BCUT2D eigenvalue weighted by Gasteiger charge is -2.13. The summed E-state index contributed by atoms with van der Waals surface area (Å²) in [5.74, 6) is 0. The summed E-state index contributed by atoms with van der Waals surface area (Å²) < 4.78 is 2.40. The van der Waals surface area contributed by atoms with E-state index < -0.39 is 0 Å². The summed E-state index contributed by atoms with van der Waals surface area (Å²) in [6.07, 6.45) is 0. The van der Waals surface area contributed by atoms with Crippen LogP contribution in [0.15, 0.2) is 140 Å². The second-order valence-electron chi connectivity index (χ2n) is 10.9. The summed E-state index contributed by atoms with van der Waals surface area (Å²) in [7, 11) is 0. The van der Waals surface area contributed by atoms with Crippen LogP contribution in [0.1, 0.15) is 5.56 Å². The molecule has 42 heavy (non-hydrogen) atoms. The maximum Gasteiger partial charge on any atom is 0.0641 e. The SMILES string of the molecule is Cc1ccc(Cl)c(Nc2ccc3c4c5ccccc5ccc4n(-c4cccc(-c5cccc6ccccc56)c4)c3c2)c1. The number of fused-ring (bicyclic) bond motifs is 6. The number of aryl methyl sites for hydroxylation is 1. The van der Waals surface area contributed by atoms with Crippen molar-refractivity contribution in [3.05, 3.63) is 150 Å². The number of nitrogens with one attached hydrogen (secondary N) is 1. The normalized spacial score (nSPS) is 11.6. The van der Waals surface area contributed by atoms with Crippen LogP contribution in [0.3, 0.4) is 0 Å². The van der Waals surface area contributed by atoms with Gasteiger partial charge in [-0.1, -0.05) is 109 Å². The van der Waals surface area contributed by atoms with Gasteiger partial charge in [-0.15, -0.1) is 0 Å². The molecule has 8 aromatic rings. The van der Waals surface area contributed by atoms with Gasteiger partial charge in [0.2, 0.25) is 0 Å². The Morgan fingerprint density at radius 1 is 0.571 bits per heavy atom. The third-order valence-electron chi connectivity index (χ3n) is 8.26. The standard InChI is InChI=1S/C39H27ClN2/c1-25-16-20-35(40)36(22-25)41-29-18-19-34-38(24-29)42(37-21-17-27-9-3-5-14-33(27)39(34)37)30-12-6-11-28(23-30)32-15-7-10-26-8-2-4-13-31(26)32/h2-24,41H,1H3. The molecule has 0 aliphatic carbocycles. The molecule has 0 saturated heterocycles. The molecule has 0 atom stereocenters. The molecule has 0 radical (unpaired) electrons. The molecule has 0 saturated carbocycles. The highest BCUT2D eigenvalue weighted by atomic mass is 35.5. The van der Waals surface area contributed by atoms with Crippen LogP contribution in [0.4, 0.5) is 11.4 Å². The van der Waals surface area contributed by atoms with Gasteiger partial charge < -0.3 is 9.88 Å². The first-order valence-electron chi connectivity index (χ1n) is 14.2. The van der Waals surface area contributed by atoms with Crippen molar-refractivity contribution in [2.24, 2.45) is 0 Å². The predicted molar refractivity (Wildman–Crippen MR) is 181 cm³/mol. The minimum absolute atomic E-state index is 0.704. The van der Waals surface area contributed by atoms with Crippen molar-refractivity contribution in [1.29, 1.82) is 0 Å². The number of nitrogens with zero attached hydrogens (tertiary/aromatic N) is 1. The predicted octanol–water partition coefficient (Wildman–Crippen LogP) is 11.5. The quantitative estimate of drug-likeness (QED) is 0.227. The molecule has 0 aliphatic rings. The zero-order valence-electron chi connectivity index (χ0n) is 23.1. The minimum Gasteiger partial charge on any atom is -0.354 e. The minimum atomic E-state index is 0.704. The van der Waals surface area contributed by atoms with Crippen LogP contribution in [0.5, 0.6) is 0 Å². The topological polar surface area (TPSA) is 17.0 Å². The van der Waals surface area contributed by atoms with Gasteiger partial charge in [0.25, 0.3) is 0 Å². The molecular formula is C39H27ClN2. The Labute approximate surface area is 249 Å². The van der Waals surface area contributed by atoms with Crippen molar-refractivity contribution in [2.45, 2.75) is 6.92 Å². The molecule has 0 aliphatic heterocycles. The highest BCUT2D eigenvalue weighted by Crippen LogP contribution is 2.40. The number of hydrogen-bond acceptors (Lipinski definition) is 1. The second-order valence-corrected chi connectivity index (χ2v) is 11.3. The fourth-order valence-electron chi connectivity index (χ4n) is 6.32. The Morgan fingerprint density at radius 3 is 2.21 bits per heavy atom. The summed E-state index contributed by atoms with van der Waals surface area (Å²) in [6, 6.07) is 49.9. The van der Waals surface area contributed by atoms with E-state index in [1.807, 2.05) is 12.1 Å². The Morgan fingerprint density at radius 2 is 1.33 bits per heavy atom. The van der Waals surface area contributed by atoms with Gasteiger partial charge in [-0.05, 0) is 87.6 Å². The van der Waals surface area contributed by atoms with E-state index in [9.17, 15) is 0 Å². The van der Waals surface area contributed by atoms with Crippen LogP contribution in [-0.2, 0) is 0 Å². The van der Waals surface area contributed by atoms with E-state index in [1.54, 1.807) is 0 Å². The molecule has 7 aromatic carbocycles. The third kappa shape index (κ3) is 4.03. The summed E-state index contributed by atoms with van der Waals surface area (Å²) in [5, 5.41) is 11.8. The zero-order chi connectivity index (χ0) is 28.2. The Hall–Kier alpha value is -5.05. The highest BCUT2D eigenvalue weighted by Gasteiger charge is 2.16. The average Bonchev–Trinajstić information content (AvgIpc) is 3.36. The fourth-order valence-corrected chi connectivity index (χ4v) is 6.49. The average molecular weight is 559 g/mol. The molecule has 0 amide bonds. The third-order valence-corrected chi connectivity index (χ3v) is 8.59. The number of hydrogen-bond donors (Lipinski definition) is 1. The van der Waals surface area contributed by atoms with Gasteiger partial charge >= 0.3 is 0 Å². The highest BCUT2D eigenvalue weighted by molar-refractivity contribution is 6.33. The number of benzene rings is 7. The van der Waals surface area contributed by atoms with Crippen LogP contribution in [0.2, 0.25) is 5.02 Å². The van der Waals surface area contributed by atoms with E-state index in [1.165, 1.54) is 49.0 Å². The van der Waals surface area contributed by atoms with E-state index >= 15 is 0 Å². The van der Waals surface area contributed by atoms with Gasteiger partial charge in [0, 0.05) is 22.1 Å². The monoisotopic (exact) mass is 558 g/mol. The Balaban J connectivity index is 1.38. The van der Waals surface area contributed by atoms with Crippen LogP contribution < -0.4 is 5.32 Å². The molecule has 1 N–H and O–H groups in total. The molecule has 1 aromatic heterocycles. The first-order chi connectivity index (χ1) is 20.6. The van der Waals surface area contributed by atoms with Crippen LogP contribution in [0.25, 0.3) is 60.2 Å². The van der Waals surface area contributed by atoms with Crippen molar-refractivity contribution >= 4 is 66.3 Å². The maximum absolute atomic E-state index is 6.57. The first kappa shape index (κ1) is 24.7. The van der Waals surface area contributed by atoms with E-state index in [0.29, 0.717) is 5.02 Å². The van der Waals surface area contributed by atoms with Crippen molar-refractivity contribution in [2.75, 3.05) is 5.32 Å². The van der Waals surface area contributed by atoms with Crippen LogP contribution >= 0.6 is 11.6 Å². The van der Waals surface area contributed by atoms with Gasteiger partial charge in [-0.25, -0.2) is 0 Å². The summed E-state index contributed by atoms with van der Waals surface area (Å²) in [4.78, 5) is 0. The van der Waals surface area contributed by atoms with Crippen molar-refractivity contribution < 1.29 is 0 Å². The first-order valence-corrected chi connectivity index (χ1v) is 14.6. The molecule has 8 rings (SSSR count). The van der Waals surface area contributed by atoms with Crippen molar-refractivity contribution in [3.63, 3.8) is 0 Å². The van der Waals surface area contributed by atoms with Gasteiger partial charge in [-0.2, -0.15) is 0 Å². The van der Waals surface area contributed by atoms with E-state index in [2.05, 4.69) is 144 Å². The number of rotatable bonds is 4. The van der Waals surface area contributed by atoms with Gasteiger partial charge in [0.05, 0.1) is 21.7 Å². The van der Waals surface area contributed by atoms with Crippen molar-refractivity contribution in [3.8, 4) is 16.8 Å². The molecule has 3 heteroatoms. The number of anilines is 2. The van der Waals surface area contributed by atoms with Gasteiger partial charge in [0.1, 0.15) is 0 Å².